The number of pyridine rings is 1. The lowest BCUT2D eigenvalue weighted by Crippen LogP contribution is -2.48. The fourth-order valence-corrected chi connectivity index (χ4v) is 5.75. The molecule has 38 heavy (non-hydrogen) atoms. The van der Waals surface area contributed by atoms with Crippen LogP contribution >= 0.6 is 0 Å². The van der Waals surface area contributed by atoms with Gasteiger partial charge >= 0.3 is 0 Å². The highest BCUT2D eigenvalue weighted by molar-refractivity contribution is 7.89. The molecule has 1 unspecified atom stereocenters. The molecule has 0 saturated carbocycles. The topological polar surface area (TPSA) is 116 Å². The van der Waals surface area contributed by atoms with Gasteiger partial charge in [-0.15, -0.1) is 0 Å². The first kappa shape index (κ1) is 26.0. The van der Waals surface area contributed by atoms with Gasteiger partial charge in [0.15, 0.2) is 5.52 Å². The van der Waals surface area contributed by atoms with E-state index in [1.54, 1.807) is 24.8 Å². The summed E-state index contributed by atoms with van der Waals surface area (Å²) in [5, 5.41) is 0. The number of aryl methyl sites for hydroxylation is 2. The van der Waals surface area contributed by atoms with Gasteiger partial charge in [0.25, 0.3) is 0 Å². The molecule has 1 aliphatic rings. The molecule has 0 aliphatic carbocycles. The molecule has 0 bridgehead atoms. The number of ether oxygens (including phenoxy) is 2. The maximum Gasteiger partial charge on any atom is 0.242 e. The summed E-state index contributed by atoms with van der Waals surface area (Å²) in [6, 6.07) is 9.94. The Hall–Kier alpha value is -3.61. The van der Waals surface area contributed by atoms with Gasteiger partial charge in [-0.05, 0) is 25.1 Å². The van der Waals surface area contributed by atoms with Crippen molar-refractivity contribution < 1.29 is 17.9 Å². The van der Waals surface area contributed by atoms with Crippen LogP contribution < -0.4 is 9.64 Å². The van der Waals surface area contributed by atoms with Crippen LogP contribution in [0.4, 0.5) is 5.69 Å². The Balaban J connectivity index is 1.29. The van der Waals surface area contributed by atoms with Crippen molar-refractivity contribution in [3.8, 4) is 17.1 Å². The number of aromatic nitrogens is 5. The van der Waals surface area contributed by atoms with E-state index in [9.17, 15) is 8.42 Å². The number of hydrogen-bond acceptors (Lipinski definition) is 9. The molecule has 1 aliphatic heterocycles. The Kier molecular flexibility index (Phi) is 7.54. The second kappa shape index (κ2) is 11.0. The van der Waals surface area contributed by atoms with E-state index >= 15 is 0 Å². The molecular weight excluding hydrogens is 506 g/mol. The number of morpholine rings is 1. The quantitative estimate of drug-likeness (QED) is 0.317. The molecule has 200 valence electrons. The number of benzene rings is 1. The summed E-state index contributed by atoms with van der Waals surface area (Å²) in [5.74, 6) is 1.11. The van der Waals surface area contributed by atoms with Crippen LogP contribution in [0.5, 0.6) is 5.88 Å². The van der Waals surface area contributed by atoms with Gasteiger partial charge < -0.3 is 18.9 Å². The summed E-state index contributed by atoms with van der Waals surface area (Å²) >= 11 is 0. The van der Waals surface area contributed by atoms with Crippen molar-refractivity contribution >= 4 is 26.7 Å². The number of anilines is 1. The van der Waals surface area contributed by atoms with Gasteiger partial charge in [0, 0.05) is 69.8 Å². The normalized spacial score (nSPS) is 16.6. The van der Waals surface area contributed by atoms with Crippen LogP contribution in [0.2, 0.25) is 0 Å². The SMILES string of the molecule is Cc1nccn1CCS(=O)(=O)N1CCOC(COc2nc(-c3ccc(N(C)C)cc3)cc3nccnc23)C1. The summed E-state index contributed by atoms with van der Waals surface area (Å²) in [4.78, 5) is 19.8. The molecule has 11 nitrogen and oxygen atoms in total. The van der Waals surface area contributed by atoms with Gasteiger partial charge in [-0.25, -0.2) is 23.4 Å². The molecule has 1 aromatic carbocycles. The van der Waals surface area contributed by atoms with Crippen molar-refractivity contribution in [2.75, 3.05) is 51.1 Å². The molecular formula is C26H31N7O4S. The van der Waals surface area contributed by atoms with Crippen LogP contribution in [0.1, 0.15) is 5.82 Å². The molecule has 0 amide bonds. The largest absolute Gasteiger partial charge is 0.473 e. The number of hydrogen-bond donors (Lipinski definition) is 0. The number of imidazole rings is 1. The minimum Gasteiger partial charge on any atom is -0.473 e. The Morgan fingerprint density at radius 1 is 1.11 bits per heavy atom. The lowest BCUT2D eigenvalue weighted by Gasteiger charge is -2.32. The molecule has 0 radical (unpaired) electrons. The number of fused-ring (bicyclic) bond motifs is 1. The molecule has 5 rings (SSSR count). The third-order valence-corrected chi connectivity index (χ3v) is 8.34. The van der Waals surface area contributed by atoms with E-state index in [-0.39, 0.29) is 18.9 Å². The summed E-state index contributed by atoms with van der Waals surface area (Å²) in [6.07, 6.45) is 6.23. The van der Waals surface area contributed by atoms with Crippen LogP contribution in [0.15, 0.2) is 55.1 Å². The predicted octanol–water partition coefficient (Wildman–Crippen LogP) is 2.37. The van der Waals surface area contributed by atoms with E-state index in [2.05, 4.69) is 15.0 Å². The Labute approximate surface area is 222 Å². The average molecular weight is 538 g/mol. The van der Waals surface area contributed by atoms with E-state index in [0.717, 1.165) is 17.1 Å². The third-order valence-electron chi connectivity index (χ3n) is 6.52. The lowest BCUT2D eigenvalue weighted by atomic mass is 10.1. The van der Waals surface area contributed by atoms with Crippen LogP contribution in [-0.2, 0) is 21.3 Å². The predicted molar refractivity (Wildman–Crippen MR) is 145 cm³/mol. The first-order valence-electron chi connectivity index (χ1n) is 12.4. The van der Waals surface area contributed by atoms with Gasteiger partial charge in [-0.1, -0.05) is 12.1 Å². The Morgan fingerprint density at radius 2 is 1.89 bits per heavy atom. The summed E-state index contributed by atoms with van der Waals surface area (Å²) in [6.45, 7) is 3.15. The number of nitrogens with zero attached hydrogens (tertiary/aromatic N) is 7. The maximum absolute atomic E-state index is 13.0. The van der Waals surface area contributed by atoms with Crippen LogP contribution in [0.3, 0.4) is 0 Å². The van der Waals surface area contributed by atoms with E-state index in [0.29, 0.717) is 42.3 Å². The summed E-state index contributed by atoms with van der Waals surface area (Å²) in [5.41, 5.74) is 3.92. The summed E-state index contributed by atoms with van der Waals surface area (Å²) < 4.78 is 41.3. The fourth-order valence-electron chi connectivity index (χ4n) is 4.32. The van der Waals surface area contributed by atoms with Crippen LogP contribution in [0.25, 0.3) is 22.3 Å². The zero-order valence-electron chi connectivity index (χ0n) is 21.7. The van der Waals surface area contributed by atoms with Crippen molar-refractivity contribution in [3.63, 3.8) is 0 Å². The molecule has 12 heteroatoms. The highest BCUT2D eigenvalue weighted by Crippen LogP contribution is 2.28. The molecule has 4 heterocycles. The van der Waals surface area contributed by atoms with Crippen LogP contribution in [0, 0.1) is 6.92 Å². The van der Waals surface area contributed by atoms with E-state index in [1.807, 2.05) is 60.8 Å². The zero-order valence-corrected chi connectivity index (χ0v) is 22.5. The van der Waals surface area contributed by atoms with Gasteiger partial charge in [0.05, 0.1) is 23.6 Å². The molecule has 4 aromatic rings. The number of sulfonamides is 1. The molecule has 0 N–H and O–H groups in total. The smallest absolute Gasteiger partial charge is 0.242 e. The van der Waals surface area contributed by atoms with E-state index in [1.165, 1.54) is 4.31 Å². The van der Waals surface area contributed by atoms with Gasteiger partial charge in [-0.3, -0.25) is 4.98 Å². The van der Waals surface area contributed by atoms with Gasteiger partial charge in [0.1, 0.15) is 18.5 Å². The van der Waals surface area contributed by atoms with Crippen molar-refractivity contribution in [1.29, 1.82) is 0 Å². The first-order chi connectivity index (χ1) is 18.3. The number of rotatable bonds is 9. The third kappa shape index (κ3) is 5.77. The zero-order chi connectivity index (χ0) is 26.7. The van der Waals surface area contributed by atoms with Crippen molar-refractivity contribution in [2.24, 2.45) is 0 Å². The first-order valence-corrected chi connectivity index (χ1v) is 14.0. The fraction of sp³-hybridized carbons (Fsp3) is 0.385. The minimum atomic E-state index is -3.47. The second-order valence-electron chi connectivity index (χ2n) is 9.32. The van der Waals surface area contributed by atoms with Gasteiger partial charge in [0.2, 0.25) is 15.9 Å². The molecule has 1 saturated heterocycles. The second-order valence-corrected chi connectivity index (χ2v) is 11.4. The lowest BCUT2D eigenvalue weighted by molar-refractivity contribution is -0.0254. The van der Waals surface area contributed by atoms with E-state index < -0.39 is 16.1 Å². The molecule has 3 aromatic heterocycles. The molecule has 1 fully saturated rings. The average Bonchev–Trinajstić information content (AvgIpc) is 3.35. The van der Waals surface area contributed by atoms with Crippen molar-refractivity contribution in [2.45, 2.75) is 19.6 Å². The Morgan fingerprint density at radius 3 is 2.63 bits per heavy atom. The standard InChI is InChI=1S/C26H31N7O4S/c1-19-27-10-11-32(19)13-15-38(34,35)33-12-14-36-22(17-33)18-37-26-25-24(28-8-9-29-25)16-23(30-26)20-4-6-21(7-5-20)31(2)3/h4-11,16,22H,12-15,17-18H2,1-3H3. The highest BCUT2D eigenvalue weighted by atomic mass is 32.2. The van der Waals surface area contributed by atoms with Gasteiger partial charge in [-0.2, -0.15) is 4.31 Å². The van der Waals surface area contributed by atoms with Crippen LogP contribution in [-0.4, -0.2) is 89.5 Å². The maximum atomic E-state index is 13.0. The Bertz CT molecular complexity index is 1510. The molecule has 0 spiro atoms. The van der Waals surface area contributed by atoms with Crippen molar-refractivity contribution in [1.82, 2.24) is 28.8 Å². The molecule has 1 atom stereocenters. The monoisotopic (exact) mass is 537 g/mol. The van der Waals surface area contributed by atoms with Crippen molar-refractivity contribution in [3.05, 3.63) is 60.9 Å². The van der Waals surface area contributed by atoms with E-state index in [4.69, 9.17) is 14.5 Å². The minimum absolute atomic E-state index is 0.00574. The highest BCUT2D eigenvalue weighted by Gasteiger charge is 2.30. The summed E-state index contributed by atoms with van der Waals surface area (Å²) in [7, 11) is 0.511.